The Kier molecular flexibility index (Phi) is 5.33. The highest BCUT2D eigenvalue weighted by Crippen LogP contribution is 2.18. The van der Waals surface area contributed by atoms with E-state index in [1.807, 2.05) is 0 Å². The topological polar surface area (TPSA) is 55.4 Å². The molecular weight excluding hydrogens is 288 g/mol. The predicted octanol–water partition coefficient (Wildman–Crippen LogP) is 2.91. The number of hydrogen-bond donors (Lipinski definition) is 1. The molecule has 0 fully saturated rings. The lowest BCUT2D eigenvalue weighted by molar-refractivity contribution is -0.0498. The summed E-state index contributed by atoms with van der Waals surface area (Å²) in [6, 6.07) is 5.91. The minimum absolute atomic E-state index is 0.00574. The Bertz CT molecular complexity index is 522. The average Bonchev–Trinajstić information content (AvgIpc) is 2.29. The lowest BCUT2D eigenvalue weighted by Crippen LogP contribution is -2.32. The molecule has 0 saturated carbocycles. The molecule has 0 spiro atoms. The van der Waals surface area contributed by atoms with Gasteiger partial charge in [-0.05, 0) is 45.0 Å². The van der Waals surface area contributed by atoms with Crippen LogP contribution in [0.5, 0.6) is 5.75 Å². The molecule has 1 aromatic rings. The lowest BCUT2D eigenvalue weighted by Gasteiger charge is -2.19. The average molecular weight is 307 g/mol. The maximum atomic E-state index is 12.0. The zero-order valence-electron chi connectivity index (χ0n) is 11.7. The highest BCUT2D eigenvalue weighted by molar-refractivity contribution is 7.92. The summed E-state index contributed by atoms with van der Waals surface area (Å²) in [7, 11) is -3.18. The normalized spacial score (nSPS) is 12.5. The summed E-state index contributed by atoms with van der Waals surface area (Å²) < 4.78 is 51.1. The van der Waals surface area contributed by atoms with Gasteiger partial charge in [0.1, 0.15) is 5.75 Å². The molecule has 4 nitrogen and oxygen atoms in total. The first-order valence-electron chi connectivity index (χ1n) is 6.13. The zero-order valence-corrected chi connectivity index (χ0v) is 12.5. The van der Waals surface area contributed by atoms with Crippen LogP contribution in [0.1, 0.15) is 20.8 Å². The van der Waals surface area contributed by atoms with E-state index in [0.717, 1.165) is 0 Å². The van der Waals surface area contributed by atoms with Gasteiger partial charge in [-0.15, -0.1) is 0 Å². The van der Waals surface area contributed by atoms with Crippen LogP contribution in [0.4, 0.5) is 14.5 Å². The fourth-order valence-electron chi connectivity index (χ4n) is 1.39. The van der Waals surface area contributed by atoms with Gasteiger partial charge in [-0.25, -0.2) is 8.42 Å². The molecule has 20 heavy (non-hydrogen) atoms. The van der Waals surface area contributed by atoms with Crippen molar-refractivity contribution in [2.75, 3.05) is 17.6 Å². The van der Waals surface area contributed by atoms with Gasteiger partial charge in [0.2, 0.25) is 0 Å². The second kappa shape index (κ2) is 6.39. The number of hydrogen-bond acceptors (Lipinski definition) is 4. The maximum absolute atomic E-state index is 12.0. The van der Waals surface area contributed by atoms with E-state index in [1.165, 1.54) is 12.1 Å². The number of nitrogens with one attached hydrogen (secondary N) is 1. The Morgan fingerprint density at radius 1 is 1.20 bits per heavy atom. The van der Waals surface area contributed by atoms with Crippen LogP contribution in [-0.4, -0.2) is 32.1 Å². The minimum atomic E-state index is -3.18. The number of halogens is 2. The zero-order chi connectivity index (χ0) is 15.4. The molecule has 0 aliphatic rings. The van der Waals surface area contributed by atoms with Crippen LogP contribution in [0.2, 0.25) is 0 Å². The van der Waals surface area contributed by atoms with Crippen molar-refractivity contribution in [1.82, 2.24) is 0 Å². The Morgan fingerprint density at radius 2 is 1.75 bits per heavy atom. The van der Waals surface area contributed by atoms with Crippen molar-refractivity contribution in [2.24, 2.45) is 0 Å². The highest BCUT2D eigenvalue weighted by Gasteiger charge is 2.28. The molecule has 0 aliphatic heterocycles. The minimum Gasteiger partial charge on any atom is -0.435 e. The summed E-state index contributed by atoms with van der Waals surface area (Å²) in [5.41, 5.74) is 0.649. The van der Waals surface area contributed by atoms with Crippen LogP contribution in [-0.2, 0) is 9.84 Å². The molecular formula is C13H19F2NO3S. The van der Waals surface area contributed by atoms with Crippen LogP contribution in [0.25, 0.3) is 0 Å². The maximum Gasteiger partial charge on any atom is 0.387 e. The van der Waals surface area contributed by atoms with Gasteiger partial charge in [-0.2, -0.15) is 8.78 Å². The van der Waals surface area contributed by atoms with Crippen LogP contribution in [0.3, 0.4) is 0 Å². The third kappa shape index (κ3) is 4.96. The number of ether oxygens (including phenoxy) is 1. The van der Waals surface area contributed by atoms with Crippen LogP contribution in [0.15, 0.2) is 24.3 Å². The van der Waals surface area contributed by atoms with Gasteiger partial charge in [-0.3, -0.25) is 0 Å². The van der Waals surface area contributed by atoms with E-state index in [9.17, 15) is 17.2 Å². The molecule has 1 N–H and O–H groups in total. The van der Waals surface area contributed by atoms with Gasteiger partial charge in [0, 0.05) is 12.2 Å². The highest BCUT2D eigenvalue weighted by atomic mass is 32.2. The van der Waals surface area contributed by atoms with Gasteiger partial charge < -0.3 is 10.1 Å². The molecule has 7 heteroatoms. The van der Waals surface area contributed by atoms with Crippen molar-refractivity contribution >= 4 is 15.5 Å². The number of anilines is 1. The second-order valence-corrected chi connectivity index (χ2v) is 8.12. The molecule has 0 bridgehead atoms. The standard InChI is InChI=1S/C13H19F2NO3S/c1-13(2,3)20(17,18)9-8-16-10-4-6-11(7-5-10)19-12(14)15/h4-7,12,16H,8-9H2,1-3H3. The van der Waals surface area contributed by atoms with Crippen LogP contribution >= 0.6 is 0 Å². The molecule has 0 atom stereocenters. The van der Waals surface area contributed by atoms with E-state index in [1.54, 1.807) is 32.9 Å². The third-order valence-corrected chi connectivity index (χ3v) is 5.32. The van der Waals surface area contributed by atoms with Crippen molar-refractivity contribution in [3.05, 3.63) is 24.3 Å². The summed E-state index contributed by atoms with van der Waals surface area (Å²) in [6.45, 7) is 2.36. The largest absolute Gasteiger partial charge is 0.435 e. The number of rotatable bonds is 6. The van der Waals surface area contributed by atoms with Crippen molar-refractivity contribution in [3.8, 4) is 5.75 Å². The van der Waals surface area contributed by atoms with Crippen LogP contribution in [0, 0.1) is 0 Å². The third-order valence-electron chi connectivity index (χ3n) is 2.71. The van der Waals surface area contributed by atoms with E-state index in [2.05, 4.69) is 10.1 Å². The Hall–Kier alpha value is -1.37. The molecule has 0 aliphatic carbocycles. The van der Waals surface area contributed by atoms with E-state index < -0.39 is 21.2 Å². The van der Waals surface area contributed by atoms with Crippen molar-refractivity contribution in [1.29, 1.82) is 0 Å². The van der Waals surface area contributed by atoms with Gasteiger partial charge in [0.25, 0.3) is 0 Å². The summed E-state index contributed by atoms with van der Waals surface area (Å²) in [5, 5.41) is 2.93. The van der Waals surface area contributed by atoms with Crippen molar-refractivity contribution in [3.63, 3.8) is 0 Å². The molecule has 0 radical (unpaired) electrons. The van der Waals surface area contributed by atoms with E-state index >= 15 is 0 Å². The summed E-state index contributed by atoms with van der Waals surface area (Å²) >= 11 is 0. The SMILES string of the molecule is CC(C)(C)S(=O)(=O)CCNc1ccc(OC(F)F)cc1. The fraction of sp³-hybridized carbons (Fsp3) is 0.538. The molecule has 0 aromatic heterocycles. The molecule has 0 unspecified atom stereocenters. The fourth-order valence-corrected chi connectivity index (χ4v) is 2.37. The van der Waals surface area contributed by atoms with E-state index in [-0.39, 0.29) is 18.0 Å². The predicted molar refractivity (Wildman–Crippen MR) is 75.1 cm³/mol. The molecule has 1 rings (SSSR count). The Labute approximate surface area is 118 Å². The van der Waals surface area contributed by atoms with E-state index in [4.69, 9.17) is 0 Å². The first-order valence-corrected chi connectivity index (χ1v) is 7.78. The van der Waals surface area contributed by atoms with Gasteiger partial charge >= 0.3 is 6.61 Å². The molecule has 1 aromatic carbocycles. The first kappa shape index (κ1) is 16.7. The van der Waals surface area contributed by atoms with Gasteiger partial charge in [0.05, 0.1) is 10.5 Å². The molecule has 0 saturated heterocycles. The summed E-state index contributed by atoms with van der Waals surface area (Å²) in [6.07, 6.45) is 0. The second-order valence-electron chi connectivity index (χ2n) is 5.26. The summed E-state index contributed by atoms with van der Waals surface area (Å²) in [5.74, 6) is 0.0686. The number of benzene rings is 1. The van der Waals surface area contributed by atoms with Crippen molar-refractivity contribution < 1.29 is 21.9 Å². The lowest BCUT2D eigenvalue weighted by atomic mass is 10.3. The molecule has 0 heterocycles. The van der Waals surface area contributed by atoms with Crippen LogP contribution < -0.4 is 10.1 Å². The van der Waals surface area contributed by atoms with Crippen molar-refractivity contribution in [2.45, 2.75) is 32.1 Å². The quantitative estimate of drug-likeness (QED) is 0.878. The monoisotopic (exact) mass is 307 g/mol. The Morgan fingerprint density at radius 3 is 2.20 bits per heavy atom. The number of alkyl halides is 2. The number of sulfone groups is 1. The Balaban J connectivity index is 2.51. The first-order chi connectivity index (χ1) is 9.12. The molecule has 114 valence electrons. The molecule has 0 amide bonds. The van der Waals surface area contributed by atoms with E-state index in [0.29, 0.717) is 5.69 Å². The smallest absolute Gasteiger partial charge is 0.387 e. The summed E-state index contributed by atoms with van der Waals surface area (Å²) in [4.78, 5) is 0. The van der Waals surface area contributed by atoms with Gasteiger partial charge in [-0.1, -0.05) is 0 Å². The van der Waals surface area contributed by atoms with Gasteiger partial charge in [0.15, 0.2) is 9.84 Å².